The van der Waals surface area contributed by atoms with Gasteiger partial charge in [-0.25, -0.2) is 8.78 Å². The molecule has 1 saturated heterocycles. The van der Waals surface area contributed by atoms with Gasteiger partial charge in [-0.15, -0.1) is 0 Å². The Morgan fingerprint density at radius 2 is 2.11 bits per heavy atom. The van der Waals surface area contributed by atoms with Crippen LogP contribution in [-0.2, 0) is 0 Å². The van der Waals surface area contributed by atoms with E-state index in [0.29, 0.717) is 18.2 Å². The third-order valence-corrected chi connectivity index (χ3v) is 3.80. The molecule has 0 spiro atoms. The second-order valence-corrected chi connectivity index (χ2v) is 5.23. The van der Waals surface area contributed by atoms with Gasteiger partial charge < -0.3 is 5.73 Å². The highest BCUT2D eigenvalue weighted by molar-refractivity contribution is 5.24. The van der Waals surface area contributed by atoms with Crippen LogP contribution in [0.2, 0.25) is 0 Å². The van der Waals surface area contributed by atoms with Gasteiger partial charge in [0.1, 0.15) is 11.6 Å². The Morgan fingerprint density at radius 1 is 1.39 bits per heavy atom. The highest BCUT2D eigenvalue weighted by atomic mass is 19.1. The molecular formula is C14H20F2N2. The van der Waals surface area contributed by atoms with E-state index in [2.05, 4.69) is 18.7 Å². The summed E-state index contributed by atoms with van der Waals surface area (Å²) in [5.41, 5.74) is 6.21. The van der Waals surface area contributed by atoms with Gasteiger partial charge in [0.25, 0.3) is 0 Å². The number of hydrogen-bond acceptors (Lipinski definition) is 2. The Hall–Kier alpha value is -1.00. The van der Waals surface area contributed by atoms with Crippen molar-refractivity contribution in [3.05, 3.63) is 35.4 Å². The van der Waals surface area contributed by atoms with Crippen molar-refractivity contribution < 1.29 is 8.78 Å². The molecule has 2 atom stereocenters. The minimum atomic E-state index is -0.391. The maximum absolute atomic E-state index is 13.9. The third kappa shape index (κ3) is 2.40. The summed E-state index contributed by atoms with van der Waals surface area (Å²) in [6.07, 6.45) is 0.940. The summed E-state index contributed by atoms with van der Waals surface area (Å²) < 4.78 is 27.3. The summed E-state index contributed by atoms with van der Waals surface area (Å²) in [6, 6.07) is 3.86. The van der Waals surface area contributed by atoms with Crippen LogP contribution < -0.4 is 5.73 Å². The Morgan fingerprint density at radius 3 is 2.72 bits per heavy atom. The molecule has 0 bridgehead atoms. The minimum absolute atomic E-state index is 0.106. The first-order valence-corrected chi connectivity index (χ1v) is 6.45. The van der Waals surface area contributed by atoms with Gasteiger partial charge in [0.15, 0.2) is 0 Å². The molecule has 1 aliphatic heterocycles. The van der Waals surface area contributed by atoms with Crippen molar-refractivity contribution in [3.8, 4) is 0 Å². The first kappa shape index (κ1) is 13.4. The van der Waals surface area contributed by atoms with E-state index in [1.807, 2.05) is 0 Å². The molecule has 4 heteroatoms. The minimum Gasteiger partial charge on any atom is -0.330 e. The summed E-state index contributed by atoms with van der Waals surface area (Å²) in [4.78, 5) is 2.20. The van der Waals surface area contributed by atoms with Crippen LogP contribution in [-0.4, -0.2) is 24.0 Å². The molecule has 100 valence electrons. The van der Waals surface area contributed by atoms with Crippen LogP contribution in [0.1, 0.15) is 31.9 Å². The van der Waals surface area contributed by atoms with Crippen LogP contribution in [0, 0.1) is 17.6 Å². The van der Waals surface area contributed by atoms with Crippen LogP contribution in [0.3, 0.4) is 0 Å². The molecule has 0 aromatic heterocycles. The number of benzene rings is 1. The molecule has 18 heavy (non-hydrogen) atoms. The zero-order chi connectivity index (χ0) is 13.3. The lowest BCUT2D eigenvalue weighted by molar-refractivity contribution is 0.180. The van der Waals surface area contributed by atoms with E-state index < -0.39 is 5.82 Å². The summed E-state index contributed by atoms with van der Waals surface area (Å²) in [5, 5.41) is 0. The van der Waals surface area contributed by atoms with Crippen molar-refractivity contribution in [1.29, 1.82) is 0 Å². The number of nitrogens with two attached hydrogens (primary N) is 1. The summed E-state index contributed by atoms with van der Waals surface area (Å²) in [7, 11) is 0. The molecule has 2 rings (SSSR count). The number of halogens is 2. The van der Waals surface area contributed by atoms with E-state index in [1.165, 1.54) is 12.1 Å². The highest BCUT2D eigenvalue weighted by Gasteiger charge is 2.37. The first-order chi connectivity index (χ1) is 8.54. The van der Waals surface area contributed by atoms with Crippen LogP contribution in [0.5, 0.6) is 0 Å². The Balaban J connectivity index is 2.40. The molecule has 0 saturated carbocycles. The molecule has 1 aromatic carbocycles. The van der Waals surface area contributed by atoms with Crippen molar-refractivity contribution >= 4 is 0 Å². The maximum Gasteiger partial charge on any atom is 0.128 e. The maximum atomic E-state index is 13.9. The van der Waals surface area contributed by atoms with E-state index in [0.717, 1.165) is 19.0 Å². The van der Waals surface area contributed by atoms with E-state index >= 15 is 0 Å². The fourth-order valence-corrected chi connectivity index (χ4v) is 2.88. The monoisotopic (exact) mass is 254 g/mol. The molecule has 2 N–H and O–H groups in total. The number of rotatable bonds is 3. The van der Waals surface area contributed by atoms with E-state index in [4.69, 9.17) is 5.73 Å². The summed E-state index contributed by atoms with van der Waals surface area (Å²) in [6.45, 7) is 5.54. The van der Waals surface area contributed by atoms with Crippen LogP contribution in [0.4, 0.5) is 8.78 Å². The van der Waals surface area contributed by atoms with Gasteiger partial charge in [-0.05, 0) is 57.5 Å². The quantitative estimate of drug-likeness (QED) is 0.898. The van der Waals surface area contributed by atoms with Crippen LogP contribution in [0.15, 0.2) is 18.2 Å². The lowest BCUT2D eigenvalue weighted by Gasteiger charge is -2.31. The van der Waals surface area contributed by atoms with Gasteiger partial charge >= 0.3 is 0 Å². The van der Waals surface area contributed by atoms with Gasteiger partial charge in [-0.2, -0.15) is 0 Å². The second kappa shape index (κ2) is 5.33. The van der Waals surface area contributed by atoms with Gasteiger partial charge in [0.05, 0.1) is 0 Å². The van der Waals surface area contributed by atoms with E-state index in [1.54, 1.807) is 0 Å². The second-order valence-electron chi connectivity index (χ2n) is 5.23. The largest absolute Gasteiger partial charge is 0.330 e. The summed E-state index contributed by atoms with van der Waals surface area (Å²) in [5.74, 6) is -0.533. The molecule has 0 amide bonds. The molecule has 1 aromatic rings. The van der Waals surface area contributed by atoms with Gasteiger partial charge in [0.2, 0.25) is 0 Å². The highest BCUT2D eigenvalue weighted by Crippen LogP contribution is 2.39. The Bertz CT molecular complexity index is 420. The fourth-order valence-electron chi connectivity index (χ4n) is 2.88. The smallest absolute Gasteiger partial charge is 0.128 e. The SMILES string of the molecule is CC(C)N1CCC(CN)C1c1cc(F)ccc1F. The Labute approximate surface area is 107 Å². The fraction of sp³-hybridized carbons (Fsp3) is 0.571. The lowest BCUT2D eigenvalue weighted by Crippen LogP contribution is -2.34. The van der Waals surface area contributed by atoms with E-state index in [-0.39, 0.29) is 17.8 Å². The first-order valence-electron chi connectivity index (χ1n) is 6.45. The molecule has 1 fully saturated rings. The zero-order valence-electron chi connectivity index (χ0n) is 10.9. The van der Waals surface area contributed by atoms with Crippen molar-refractivity contribution in [1.82, 2.24) is 4.90 Å². The van der Waals surface area contributed by atoms with Crippen molar-refractivity contribution in [2.24, 2.45) is 11.7 Å². The molecule has 2 nitrogen and oxygen atoms in total. The number of likely N-dealkylation sites (tertiary alicyclic amines) is 1. The molecule has 2 unspecified atom stereocenters. The third-order valence-electron chi connectivity index (χ3n) is 3.80. The van der Waals surface area contributed by atoms with Gasteiger partial charge in [0, 0.05) is 17.6 Å². The average Bonchev–Trinajstić information content (AvgIpc) is 2.75. The molecule has 0 radical (unpaired) electrons. The van der Waals surface area contributed by atoms with Gasteiger partial charge in [-0.1, -0.05) is 0 Å². The standard InChI is InChI=1S/C14H20F2N2/c1-9(2)18-6-5-10(8-17)14(18)12-7-11(15)3-4-13(12)16/h3-4,7,9-10,14H,5-6,8,17H2,1-2H3. The molecule has 0 aliphatic carbocycles. The average molecular weight is 254 g/mol. The van der Waals surface area contributed by atoms with Crippen LogP contribution in [0.25, 0.3) is 0 Å². The van der Waals surface area contributed by atoms with Crippen molar-refractivity contribution in [2.75, 3.05) is 13.1 Å². The Kier molecular flexibility index (Phi) is 3.97. The number of nitrogens with zero attached hydrogens (tertiary/aromatic N) is 1. The molecule has 1 aliphatic rings. The van der Waals surface area contributed by atoms with Crippen molar-refractivity contribution in [3.63, 3.8) is 0 Å². The van der Waals surface area contributed by atoms with Crippen LogP contribution >= 0.6 is 0 Å². The molecule has 1 heterocycles. The van der Waals surface area contributed by atoms with Gasteiger partial charge in [-0.3, -0.25) is 4.90 Å². The van der Waals surface area contributed by atoms with Crippen molar-refractivity contribution in [2.45, 2.75) is 32.4 Å². The summed E-state index contributed by atoms with van der Waals surface area (Å²) >= 11 is 0. The topological polar surface area (TPSA) is 29.3 Å². The predicted molar refractivity (Wildman–Crippen MR) is 68.1 cm³/mol. The predicted octanol–water partition coefficient (Wildman–Crippen LogP) is 2.69. The zero-order valence-corrected chi connectivity index (χ0v) is 10.9. The normalized spacial score (nSPS) is 25.0. The number of hydrogen-bond donors (Lipinski definition) is 1. The lowest BCUT2D eigenvalue weighted by atomic mass is 9.93. The van der Waals surface area contributed by atoms with E-state index in [9.17, 15) is 8.78 Å². The molecular weight excluding hydrogens is 234 g/mol.